The van der Waals surface area contributed by atoms with Gasteiger partial charge in [-0.05, 0) is 36.1 Å². The summed E-state index contributed by atoms with van der Waals surface area (Å²) in [7, 11) is 1.60. The molecule has 1 saturated carbocycles. The van der Waals surface area contributed by atoms with E-state index in [2.05, 4.69) is 10.4 Å². The fourth-order valence-corrected chi connectivity index (χ4v) is 4.98. The van der Waals surface area contributed by atoms with E-state index in [1.54, 1.807) is 7.11 Å². The summed E-state index contributed by atoms with van der Waals surface area (Å²) in [5.74, 6) is 0.0334. The molecule has 1 spiro atoms. The summed E-state index contributed by atoms with van der Waals surface area (Å²) >= 11 is 0. The monoisotopic (exact) mass is 446 g/mol. The van der Waals surface area contributed by atoms with E-state index in [-0.39, 0.29) is 24.4 Å². The van der Waals surface area contributed by atoms with E-state index >= 15 is 0 Å². The zero-order chi connectivity index (χ0) is 23.0. The van der Waals surface area contributed by atoms with Gasteiger partial charge in [-0.2, -0.15) is 5.10 Å². The van der Waals surface area contributed by atoms with Crippen LogP contribution in [0, 0.1) is 0 Å². The standard InChI is InChI=1S/C25H26N4O4/c1-33-19-11-9-18(10-12-19)21-15-20(17-7-3-2-4-8-17)27-29(21)22(30)16-28-23(31)25(26-24(28)32)13-5-6-14-25/h2-4,7-12,21H,5-6,13-16H2,1H3,(H,26,32). The third kappa shape index (κ3) is 3.75. The van der Waals surface area contributed by atoms with Crippen LogP contribution in [0.2, 0.25) is 0 Å². The minimum Gasteiger partial charge on any atom is -0.497 e. The van der Waals surface area contributed by atoms with Gasteiger partial charge in [-0.15, -0.1) is 0 Å². The minimum atomic E-state index is -0.837. The molecule has 2 aliphatic heterocycles. The van der Waals surface area contributed by atoms with E-state index < -0.39 is 11.6 Å². The Morgan fingerprint density at radius 2 is 1.79 bits per heavy atom. The summed E-state index contributed by atoms with van der Waals surface area (Å²) in [5.41, 5.74) is 1.79. The summed E-state index contributed by atoms with van der Waals surface area (Å²) in [4.78, 5) is 40.0. The molecule has 0 radical (unpaired) electrons. The topological polar surface area (TPSA) is 91.3 Å². The molecule has 2 aromatic carbocycles. The second-order valence-corrected chi connectivity index (χ2v) is 8.75. The third-order valence-corrected chi connectivity index (χ3v) is 6.77. The van der Waals surface area contributed by atoms with E-state index in [0.29, 0.717) is 19.3 Å². The lowest BCUT2D eigenvalue weighted by molar-refractivity contribution is -0.140. The van der Waals surface area contributed by atoms with Crippen LogP contribution in [-0.2, 0) is 9.59 Å². The van der Waals surface area contributed by atoms with Gasteiger partial charge in [0, 0.05) is 6.42 Å². The highest BCUT2D eigenvalue weighted by molar-refractivity contribution is 6.09. The Balaban J connectivity index is 1.42. The van der Waals surface area contributed by atoms with Gasteiger partial charge in [0.15, 0.2) is 0 Å². The number of urea groups is 1. The molecule has 2 fully saturated rings. The third-order valence-electron chi connectivity index (χ3n) is 6.77. The Morgan fingerprint density at radius 3 is 2.45 bits per heavy atom. The molecular weight excluding hydrogens is 420 g/mol. The Hall–Kier alpha value is -3.68. The molecule has 170 valence electrons. The number of rotatable bonds is 5. The SMILES string of the molecule is COc1ccc(C2CC(c3ccccc3)=NN2C(=O)CN2C(=O)NC3(CCCC3)C2=O)cc1. The van der Waals surface area contributed by atoms with Gasteiger partial charge in [-0.1, -0.05) is 55.3 Å². The molecule has 0 bridgehead atoms. The molecule has 1 atom stereocenters. The number of nitrogens with one attached hydrogen (secondary N) is 1. The summed E-state index contributed by atoms with van der Waals surface area (Å²) in [6, 6.07) is 16.4. The predicted molar refractivity (Wildman–Crippen MR) is 122 cm³/mol. The first kappa shape index (κ1) is 21.2. The van der Waals surface area contributed by atoms with Crippen LogP contribution in [0.25, 0.3) is 0 Å². The number of carbonyl (C=O) groups excluding carboxylic acids is 3. The van der Waals surface area contributed by atoms with Crippen LogP contribution in [0.1, 0.15) is 49.3 Å². The highest BCUT2D eigenvalue weighted by Gasteiger charge is 2.53. The average Bonchev–Trinajstić information content (AvgIpc) is 3.55. The zero-order valence-electron chi connectivity index (χ0n) is 18.5. The molecule has 0 aromatic heterocycles. The number of amides is 4. The molecular formula is C25H26N4O4. The number of ether oxygens (including phenoxy) is 1. The highest BCUT2D eigenvalue weighted by atomic mass is 16.5. The van der Waals surface area contributed by atoms with Crippen molar-refractivity contribution in [3.63, 3.8) is 0 Å². The number of hydrogen-bond acceptors (Lipinski definition) is 5. The van der Waals surface area contributed by atoms with E-state index in [1.165, 1.54) is 5.01 Å². The smallest absolute Gasteiger partial charge is 0.325 e. The second-order valence-electron chi connectivity index (χ2n) is 8.75. The number of methoxy groups -OCH3 is 1. The van der Waals surface area contributed by atoms with Gasteiger partial charge in [0.05, 0.1) is 18.9 Å². The normalized spacial score (nSPS) is 21.5. The van der Waals surface area contributed by atoms with Crippen LogP contribution >= 0.6 is 0 Å². The first-order valence-corrected chi connectivity index (χ1v) is 11.2. The molecule has 2 heterocycles. The zero-order valence-corrected chi connectivity index (χ0v) is 18.5. The van der Waals surface area contributed by atoms with Crippen molar-refractivity contribution >= 4 is 23.6 Å². The first-order valence-electron chi connectivity index (χ1n) is 11.2. The molecule has 1 saturated heterocycles. The number of benzene rings is 2. The van der Waals surface area contributed by atoms with Crippen molar-refractivity contribution in [2.24, 2.45) is 5.10 Å². The van der Waals surface area contributed by atoms with Crippen molar-refractivity contribution in [3.05, 3.63) is 65.7 Å². The van der Waals surface area contributed by atoms with Crippen LogP contribution in [0.4, 0.5) is 4.79 Å². The Labute approximate surface area is 192 Å². The van der Waals surface area contributed by atoms with Crippen LogP contribution in [0.3, 0.4) is 0 Å². The van der Waals surface area contributed by atoms with Crippen LogP contribution in [0.15, 0.2) is 59.7 Å². The lowest BCUT2D eigenvalue weighted by atomic mass is 9.98. The number of carbonyl (C=O) groups is 3. The summed E-state index contributed by atoms with van der Waals surface area (Å²) in [6.07, 6.45) is 3.56. The molecule has 1 N–H and O–H groups in total. The number of imide groups is 1. The molecule has 5 rings (SSSR count). The molecule has 1 unspecified atom stereocenters. The average molecular weight is 447 g/mol. The highest BCUT2D eigenvalue weighted by Crippen LogP contribution is 2.36. The molecule has 8 heteroatoms. The van der Waals surface area contributed by atoms with Gasteiger partial charge in [-0.25, -0.2) is 9.80 Å². The van der Waals surface area contributed by atoms with Crippen molar-refractivity contribution in [3.8, 4) is 5.75 Å². The Kier molecular flexibility index (Phi) is 5.36. The van der Waals surface area contributed by atoms with Crippen molar-refractivity contribution in [1.82, 2.24) is 15.2 Å². The minimum absolute atomic E-state index is 0.300. The van der Waals surface area contributed by atoms with Crippen molar-refractivity contribution in [2.45, 2.75) is 43.7 Å². The second kappa shape index (κ2) is 8.35. The summed E-state index contributed by atoms with van der Waals surface area (Å²) < 4.78 is 5.26. The summed E-state index contributed by atoms with van der Waals surface area (Å²) in [6.45, 7) is -0.329. The molecule has 2 aromatic rings. The quantitative estimate of drug-likeness (QED) is 0.714. The van der Waals surface area contributed by atoms with Crippen LogP contribution in [-0.4, -0.2) is 52.7 Å². The van der Waals surface area contributed by atoms with E-state index in [0.717, 1.165) is 40.3 Å². The first-order chi connectivity index (χ1) is 16.0. The maximum absolute atomic E-state index is 13.4. The van der Waals surface area contributed by atoms with Crippen molar-refractivity contribution < 1.29 is 19.1 Å². The van der Waals surface area contributed by atoms with Gasteiger partial charge >= 0.3 is 6.03 Å². The Morgan fingerprint density at radius 1 is 1.09 bits per heavy atom. The lowest BCUT2D eigenvalue weighted by Crippen LogP contribution is -2.45. The lowest BCUT2D eigenvalue weighted by Gasteiger charge is -2.24. The van der Waals surface area contributed by atoms with Gasteiger partial charge in [0.25, 0.3) is 11.8 Å². The molecule has 3 aliphatic rings. The predicted octanol–water partition coefficient (Wildman–Crippen LogP) is 3.24. The number of hydrogen-bond donors (Lipinski definition) is 1. The van der Waals surface area contributed by atoms with Crippen molar-refractivity contribution in [1.29, 1.82) is 0 Å². The van der Waals surface area contributed by atoms with E-state index in [4.69, 9.17) is 4.74 Å². The van der Waals surface area contributed by atoms with Gasteiger partial charge in [0.1, 0.15) is 17.8 Å². The summed E-state index contributed by atoms with van der Waals surface area (Å²) in [5, 5.41) is 8.89. The molecule has 4 amide bonds. The maximum Gasteiger partial charge on any atom is 0.325 e. The van der Waals surface area contributed by atoms with Gasteiger partial charge < -0.3 is 10.1 Å². The van der Waals surface area contributed by atoms with E-state index in [9.17, 15) is 14.4 Å². The molecule has 1 aliphatic carbocycles. The number of hydrazone groups is 1. The fraction of sp³-hybridized carbons (Fsp3) is 0.360. The van der Waals surface area contributed by atoms with Gasteiger partial charge in [-0.3, -0.25) is 14.5 Å². The van der Waals surface area contributed by atoms with Crippen LogP contribution in [0.5, 0.6) is 5.75 Å². The van der Waals surface area contributed by atoms with Crippen molar-refractivity contribution in [2.75, 3.05) is 13.7 Å². The number of nitrogens with zero attached hydrogens (tertiary/aromatic N) is 3. The molecule has 33 heavy (non-hydrogen) atoms. The maximum atomic E-state index is 13.4. The fourth-order valence-electron chi connectivity index (χ4n) is 4.98. The molecule has 8 nitrogen and oxygen atoms in total. The van der Waals surface area contributed by atoms with Crippen LogP contribution < -0.4 is 10.1 Å². The largest absolute Gasteiger partial charge is 0.497 e. The Bertz CT molecular complexity index is 1110. The van der Waals surface area contributed by atoms with Gasteiger partial charge in [0.2, 0.25) is 0 Å². The van der Waals surface area contributed by atoms with E-state index in [1.807, 2.05) is 54.6 Å².